The predicted octanol–water partition coefficient (Wildman–Crippen LogP) is -20.7. The molecule has 48 heteroatoms. The maximum Gasteiger partial charge on any atom is 0.217 e. The number of ether oxygens (including phenoxy) is 16. The molecule has 0 aromatic rings. The summed E-state index contributed by atoms with van der Waals surface area (Å²) in [6.07, 6.45) is -91.1. The SMILES string of the molecule is CC(=O)N[C@H]1[C@H](O[C@@H]([C@H](O)[C@H](CO)NC(C)=O)[C@H](O)CO)O[C@H](CO)[C@@H](O[C@@H]2O[C@H](CO[C@H]3O[C@H](CO)[C@@H](O)[C@H](O)[C@@H]3O)[C@@H](O)[C@H](O[C@H]3O[C@H](CO[C@H]4O[C@H](CO)[C@@H](O)[C@H](O)[C@@H]4O[C@H]4O[C@H](CO)[C@@H](O)[C@H](O)[C@@H]4O)[C@@H](O)[C@H](O)[C@@H]3O[C@H]3O[C@H](CO)[C@@H](O)[C@H](O)[C@@H]3O[C@H]3O[C@H](CO)[C@@H](O)[C@H](O)[C@@H]3O)[C@@H]2O)[C@@H]1O. The molecule has 106 heavy (non-hydrogen) atoms. The van der Waals surface area contributed by atoms with Crippen LogP contribution in [0.25, 0.3) is 0 Å². The molecule has 0 aromatic carbocycles. The highest BCUT2D eigenvalue weighted by Gasteiger charge is 2.60. The lowest BCUT2D eigenvalue weighted by molar-refractivity contribution is -0.410. The summed E-state index contributed by atoms with van der Waals surface area (Å²) in [5.74, 6) is -1.79. The van der Waals surface area contributed by atoms with Crippen molar-refractivity contribution in [2.24, 2.45) is 0 Å². The number of aliphatic hydroxyl groups is 28. The molecule has 8 heterocycles. The summed E-state index contributed by atoms with van der Waals surface area (Å²) < 4.78 is 93.5. The molecular weight excluding hydrogens is 1460 g/mol. The van der Waals surface area contributed by atoms with E-state index in [9.17, 15) is 153 Å². The van der Waals surface area contributed by atoms with Gasteiger partial charge in [-0.3, -0.25) is 9.59 Å². The van der Waals surface area contributed by atoms with E-state index in [0.29, 0.717) is 0 Å². The number of hydrogen-bond acceptors (Lipinski definition) is 46. The molecule has 44 atom stereocenters. The molecule has 2 amide bonds. The Kier molecular flexibility index (Phi) is 32.9. The van der Waals surface area contributed by atoms with Crippen molar-refractivity contribution >= 4 is 11.8 Å². The van der Waals surface area contributed by atoms with E-state index in [-0.39, 0.29) is 0 Å². The minimum Gasteiger partial charge on any atom is -0.394 e. The molecule has 48 nitrogen and oxygen atoms in total. The fourth-order valence-electron chi connectivity index (χ4n) is 13.1. The van der Waals surface area contributed by atoms with Gasteiger partial charge in [-0.15, -0.1) is 0 Å². The van der Waals surface area contributed by atoms with E-state index >= 15 is 0 Å². The van der Waals surface area contributed by atoms with Crippen LogP contribution >= 0.6 is 0 Å². The topological polar surface area (TPSA) is 772 Å². The standard InChI is InChI=1S/C58H100N2O46/c1-13(69)59-15(3-61)26(72)45(16(71)4-62)101-51-25(60-14(2)70)34(80)46(22(10-68)98-51)102-55-44(90)47(33(79)24(99-55)12-91-52-41(87)35(81)27(73)17(5-63)93-52)103-58-50(106-57-49(39(85)31(77)21(9-67)97-57)105-54-43(89)37(83)29(75)19(7-65)95-54)40(86)32(78)23(100-58)11-92-56-48(38(84)30(76)20(8-66)96-56)104-53-42(88)36(82)28(74)18(6-64)94-53/h15-58,61-68,71-90H,3-12H2,1-2H3,(H,59,69)(H,60,70)/t15-,16+,17+,18+,19+,20+,21+,22+,23+,24+,25+,26+,27+,28+,29+,30+,31+,32+,33+,34+,35-,36-,37-,38-,39-,40-,41-,42-,43-,44-,45+,46+,47-,48-,49-,50-,51-,52-,53+,54+,55-,56-,57+,58+/m0/s1. The zero-order chi connectivity index (χ0) is 78.4. The van der Waals surface area contributed by atoms with Crippen LogP contribution in [0.4, 0.5) is 0 Å². The summed E-state index contributed by atoms with van der Waals surface area (Å²) in [6, 6.07) is -3.62. The van der Waals surface area contributed by atoms with Gasteiger partial charge in [0.25, 0.3) is 0 Å². The summed E-state index contributed by atoms with van der Waals surface area (Å²) in [5, 5.41) is 311. The van der Waals surface area contributed by atoms with Crippen molar-refractivity contribution in [3.8, 4) is 0 Å². The maximum absolute atomic E-state index is 12.9. The molecule has 8 rings (SSSR count). The van der Waals surface area contributed by atoms with Crippen LogP contribution in [0.5, 0.6) is 0 Å². The third kappa shape index (κ3) is 19.7. The van der Waals surface area contributed by atoms with Crippen LogP contribution in [0.1, 0.15) is 13.8 Å². The highest BCUT2D eigenvalue weighted by molar-refractivity contribution is 5.73. The van der Waals surface area contributed by atoms with E-state index in [2.05, 4.69) is 10.6 Å². The number of amides is 2. The molecule has 8 saturated heterocycles. The molecule has 8 aliphatic rings. The second-order valence-corrected chi connectivity index (χ2v) is 26.5. The average molecular weight is 1560 g/mol. The average Bonchev–Trinajstić information content (AvgIpc) is 0.763. The van der Waals surface area contributed by atoms with Crippen molar-refractivity contribution in [2.75, 3.05) is 66.1 Å². The Bertz CT molecular complexity index is 2660. The predicted molar refractivity (Wildman–Crippen MR) is 322 cm³/mol. The minimum atomic E-state index is -2.63. The zero-order valence-electron chi connectivity index (χ0n) is 56.3. The molecule has 0 aliphatic carbocycles. The number of carbonyl (C=O) groups is 2. The van der Waals surface area contributed by atoms with Crippen LogP contribution in [-0.2, 0) is 85.4 Å². The van der Waals surface area contributed by atoms with E-state index in [0.717, 1.165) is 13.8 Å². The summed E-state index contributed by atoms with van der Waals surface area (Å²) >= 11 is 0. The molecule has 0 spiro atoms. The number of rotatable bonds is 31. The second kappa shape index (κ2) is 39.3. The fourth-order valence-corrected chi connectivity index (χ4v) is 13.1. The largest absolute Gasteiger partial charge is 0.394 e. The number of carbonyl (C=O) groups excluding carboxylic acids is 2. The molecule has 30 N–H and O–H groups in total. The highest BCUT2D eigenvalue weighted by atomic mass is 16.8. The highest BCUT2D eigenvalue weighted by Crippen LogP contribution is 2.39. The van der Waals surface area contributed by atoms with Crippen molar-refractivity contribution < 1.29 is 228 Å². The smallest absolute Gasteiger partial charge is 0.217 e. The maximum atomic E-state index is 12.9. The normalized spacial score (nSPS) is 48.0. The Morgan fingerprint density at radius 2 is 0.651 bits per heavy atom. The third-order valence-corrected chi connectivity index (χ3v) is 19.2. The van der Waals surface area contributed by atoms with Gasteiger partial charge in [0, 0.05) is 13.8 Å². The summed E-state index contributed by atoms with van der Waals surface area (Å²) in [5.41, 5.74) is 0. The van der Waals surface area contributed by atoms with Gasteiger partial charge in [0.15, 0.2) is 50.3 Å². The van der Waals surface area contributed by atoms with E-state index in [4.69, 9.17) is 75.8 Å². The summed E-state index contributed by atoms with van der Waals surface area (Å²) in [7, 11) is 0. The molecule has 0 unspecified atom stereocenters. The van der Waals surface area contributed by atoms with Gasteiger partial charge in [-0.1, -0.05) is 0 Å². The molecule has 8 fully saturated rings. The van der Waals surface area contributed by atoms with Crippen LogP contribution in [0, 0.1) is 0 Å². The molecule has 0 bridgehead atoms. The first-order chi connectivity index (χ1) is 50.1. The van der Waals surface area contributed by atoms with Gasteiger partial charge in [-0.05, 0) is 0 Å². The Labute approximate surface area is 599 Å². The first-order valence-electron chi connectivity index (χ1n) is 33.6. The first-order valence-corrected chi connectivity index (χ1v) is 33.6. The van der Waals surface area contributed by atoms with Crippen molar-refractivity contribution in [1.82, 2.24) is 10.6 Å². The quantitative estimate of drug-likeness (QED) is 0.0306. The molecule has 0 radical (unpaired) electrons. The lowest BCUT2D eigenvalue weighted by Gasteiger charge is -2.51. The van der Waals surface area contributed by atoms with Gasteiger partial charge in [-0.25, -0.2) is 0 Å². The van der Waals surface area contributed by atoms with Gasteiger partial charge in [0.05, 0.1) is 72.1 Å². The van der Waals surface area contributed by atoms with E-state index < -0.39 is 348 Å². The number of aliphatic hydroxyl groups excluding tert-OH is 28. The molecule has 618 valence electrons. The minimum absolute atomic E-state index is 0.810. The molecule has 0 saturated carbocycles. The second-order valence-electron chi connectivity index (χ2n) is 26.5. The third-order valence-electron chi connectivity index (χ3n) is 19.2. The van der Waals surface area contributed by atoms with Gasteiger partial charge in [0.2, 0.25) is 11.8 Å². The summed E-state index contributed by atoms with van der Waals surface area (Å²) in [4.78, 5) is 24.9. The lowest BCUT2D eigenvalue weighted by Crippen LogP contribution is -2.70. The monoisotopic (exact) mass is 1560 g/mol. The Hall–Kier alpha value is -2.82. The molecular formula is C58H100N2O46. The van der Waals surface area contributed by atoms with Crippen molar-refractivity contribution in [3.63, 3.8) is 0 Å². The van der Waals surface area contributed by atoms with E-state index in [1.807, 2.05) is 0 Å². The van der Waals surface area contributed by atoms with E-state index in [1.54, 1.807) is 0 Å². The van der Waals surface area contributed by atoms with Gasteiger partial charge in [0.1, 0.15) is 214 Å². The number of hydrogen-bond donors (Lipinski definition) is 30. The Morgan fingerprint density at radius 3 is 1.08 bits per heavy atom. The van der Waals surface area contributed by atoms with Gasteiger partial charge in [-0.2, -0.15) is 0 Å². The Morgan fingerprint density at radius 1 is 0.321 bits per heavy atom. The summed E-state index contributed by atoms with van der Waals surface area (Å²) in [6.45, 7) is -9.14. The van der Waals surface area contributed by atoms with Crippen LogP contribution in [-0.4, -0.2) is 491 Å². The van der Waals surface area contributed by atoms with Crippen LogP contribution in [0.3, 0.4) is 0 Å². The van der Waals surface area contributed by atoms with Crippen LogP contribution in [0.2, 0.25) is 0 Å². The zero-order valence-corrected chi connectivity index (χ0v) is 56.3. The van der Waals surface area contributed by atoms with Crippen molar-refractivity contribution in [1.29, 1.82) is 0 Å². The molecule has 0 aromatic heterocycles. The fraction of sp³-hybridized carbons (Fsp3) is 0.966. The molecule has 8 aliphatic heterocycles. The van der Waals surface area contributed by atoms with Gasteiger partial charge >= 0.3 is 0 Å². The number of nitrogens with one attached hydrogen (secondary N) is 2. The van der Waals surface area contributed by atoms with Crippen LogP contribution < -0.4 is 10.6 Å². The van der Waals surface area contributed by atoms with E-state index in [1.165, 1.54) is 0 Å². The lowest BCUT2D eigenvalue weighted by atomic mass is 9.94. The first kappa shape index (κ1) is 88.7. The van der Waals surface area contributed by atoms with Crippen molar-refractivity contribution in [3.05, 3.63) is 0 Å². The van der Waals surface area contributed by atoms with Crippen LogP contribution in [0.15, 0.2) is 0 Å². The van der Waals surface area contributed by atoms with Gasteiger partial charge < -0.3 is 229 Å². The Balaban J connectivity index is 1.18. The van der Waals surface area contributed by atoms with Crippen molar-refractivity contribution in [2.45, 2.75) is 284 Å².